The molecule has 0 heterocycles. The van der Waals surface area contributed by atoms with Gasteiger partial charge in [0.15, 0.2) is 0 Å². The number of rotatable bonds is 3. The second-order valence-electron chi connectivity index (χ2n) is 5.37. The van der Waals surface area contributed by atoms with Crippen LogP contribution >= 0.6 is 0 Å². The number of hydrogen-bond donors (Lipinski definition) is 1. The van der Waals surface area contributed by atoms with Crippen molar-refractivity contribution in [2.45, 2.75) is 70.3 Å². The summed E-state index contributed by atoms with van der Waals surface area (Å²) in [5.74, 6) is 0.927. The number of hydrogen-bond acceptors (Lipinski definition) is 1. The molecule has 0 saturated heterocycles. The number of nitrogens with two attached hydrogens (primary N) is 1. The Hall–Kier alpha value is -0.300. The molecule has 0 aromatic carbocycles. The summed E-state index contributed by atoms with van der Waals surface area (Å²) in [4.78, 5) is 0. The van der Waals surface area contributed by atoms with E-state index in [-0.39, 0.29) is 0 Å². The van der Waals surface area contributed by atoms with Crippen molar-refractivity contribution in [1.82, 2.24) is 0 Å². The molecule has 0 bridgehead atoms. The smallest absolute Gasteiger partial charge is 0.0256 e. The first-order valence-corrected chi connectivity index (χ1v) is 6.81. The van der Waals surface area contributed by atoms with Crippen LogP contribution in [0.5, 0.6) is 0 Å². The quantitative estimate of drug-likeness (QED) is 0.700. The van der Waals surface area contributed by atoms with Crippen molar-refractivity contribution in [1.29, 1.82) is 0 Å². The second kappa shape index (κ2) is 5.69. The summed E-state index contributed by atoms with van der Waals surface area (Å²) < 4.78 is 0. The van der Waals surface area contributed by atoms with Gasteiger partial charge < -0.3 is 5.73 Å². The lowest BCUT2D eigenvalue weighted by Gasteiger charge is -2.27. The molecule has 0 amide bonds. The van der Waals surface area contributed by atoms with E-state index in [0.717, 1.165) is 5.92 Å². The Balaban J connectivity index is 1.79. The van der Waals surface area contributed by atoms with Crippen molar-refractivity contribution in [2.75, 3.05) is 0 Å². The fourth-order valence-electron chi connectivity index (χ4n) is 3.13. The Bertz CT molecular complexity index is 213. The molecule has 0 radical (unpaired) electrons. The Kier molecular flexibility index (Phi) is 4.25. The zero-order chi connectivity index (χ0) is 10.5. The van der Waals surface area contributed by atoms with Crippen LogP contribution in [0.15, 0.2) is 11.6 Å². The van der Waals surface area contributed by atoms with E-state index >= 15 is 0 Å². The molecule has 1 unspecified atom stereocenters. The highest BCUT2D eigenvalue weighted by molar-refractivity contribution is 5.12. The predicted molar refractivity (Wildman–Crippen MR) is 65.7 cm³/mol. The largest absolute Gasteiger partial charge is 0.324 e. The van der Waals surface area contributed by atoms with Crippen molar-refractivity contribution < 1.29 is 0 Å². The molecule has 1 nitrogen and oxygen atoms in total. The minimum absolute atomic E-state index is 0.383. The van der Waals surface area contributed by atoms with Crippen LogP contribution in [0.3, 0.4) is 0 Å². The molecule has 0 spiro atoms. The molecular formula is C14H25N. The molecule has 15 heavy (non-hydrogen) atoms. The Morgan fingerprint density at radius 3 is 2.60 bits per heavy atom. The van der Waals surface area contributed by atoms with Gasteiger partial charge >= 0.3 is 0 Å². The Labute approximate surface area is 94.1 Å². The van der Waals surface area contributed by atoms with E-state index in [1.165, 1.54) is 64.2 Å². The van der Waals surface area contributed by atoms with Gasteiger partial charge in [0.2, 0.25) is 0 Å². The van der Waals surface area contributed by atoms with Crippen molar-refractivity contribution in [2.24, 2.45) is 11.7 Å². The molecule has 1 atom stereocenters. The van der Waals surface area contributed by atoms with Gasteiger partial charge in [-0.3, -0.25) is 0 Å². The van der Waals surface area contributed by atoms with Gasteiger partial charge in [0.25, 0.3) is 0 Å². The monoisotopic (exact) mass is 207 g/mol. The van der Waals surface area contributed by atoms with Gasteiger partial charge in [-0.1, -0.05) is 43.8 Å². The summed E-state index contributed by atoms with van der Waals surface area (Å²) in [6, 6.07) is 0.383. The molecule has 0 aromatic rings. The normalized spacial score (nSPS) is 26.1. The van der Waals surface area contributed by atoms with Crippen LogP contribution in [0.4, 0.5) is 0 Å². The van der Waals surface area contributed by atoms with Gasteiger partial charge in [-0.05, 0) is 38.0 Å². The van der Waals surface area contributed by atoms with E-state index in [0.29, 0.717) is 6.04 Å². The SMILES string of the molecule is NC(CC1CCCCC1)C1=CCCCC1. The van der Waals surface area contributed by atoms with Gasteiger partial charge in [-0.15, -0.1) is 0 Å². The highest BCUT2D eigenvalue weighted by Crippen LogP contribution is 2.30. The Morgan fingerprint density at radius 2 is 1.93 bits per heavy atom. The van der Waals surface area contributed by atoms with E-state index in [4.69, 9.17) is 5.73 Å². The first-order valence-electron chi connectivity index (χ1n) is 6.81. The van der Waals surface area contributed by atoms with Gasteiger partial charge in [0.05, 0.1) is 0 Å². The Morgan fingerprint density at radius 1 is 1.13 bits per heavy atom. The van der Waals surface area contributed by atoms with E-state index in [1.54, 1.807) is 5.57 Å². The molecule has 2 aliphatic carbocycles. The summed E-state index contributed by atoms with van der Waals surface area (Å²) in [7, 11) is 0. The molecule has 2 rings (SSSR count). The topological polar surface area (TPSA) is 26.0 Å². The van der Waals surface area contributed by atoms with Crippen LogP contribution in [0, 0.1) is 5.92 Å². The van der Waals surface area contributed by atoms with Crippen LogP contribution < -0.4 is 5.73 Å². The first kappa shape index (κ1) is 11.2. The van der Waals surface area contributed by atoms with Gasteiger partial charge in [0.1, 0.15) is 0 Å². The second-order valence-corrected chi connectivity index (χ2v) is 5.37. The molecule has 2 aliphatic rings. The first-order chi connectivity index (χ1) is 7.36. The summed E-state index contributed by atoms with van der Waals surface area (Å²) in [6.45, 7) is 0. The van der Waals surface area contributed by atoms with Crippen LogP contribution in [0.25, 0.3) is 0 Å². The molecule has 86 valence electrons. The van der Waals surface area contributed by atoms with Crippen molar-refractivity contribution in [3.8, 4) is 0 Å². The summed E-state index contributed by atoms with van der Waals surface area (Å²) >= 11 is 0. The van der Waals surface area contributed by atoms with Gasteiger partial charge in [-0.25, -0.2) is 0 Å². The fraction of sp³-hybridized carbons (Fsp3) is 0.857. The molecule has 1 heteroatoms. The van der Waals surface area contributed by atoms with Crippen molar-refractivity contribution in [3.05, 3.63) is 11.6 Å². The lowest BCUT2D eigenvalue weighted by atomic mass is 9.82. The highest BCUT2D eigenvalue weighted by atomic mass is 14.6. The standard InChI is InChI=1S/C14H25N/c15-14(13-9-5-2-6-10-13)11-12-7-3-1-4-8-12/h9,12,14H,1-8,10-11,15H2. The molecule has 1 fully saturated rings. The third kappa shape index (κ3) is 3.34. The van der Waals surface area contributed by atoms with Crippen LogP contribution in [-0.2, 0) is 0 Å². The van der Waals surface area contributed by atoms with E-state index < -0.39 is 0 Å². The summed E-state index contributed by atoms with van der Waals surface area (Å²) in [6.07, 6.45) is 16.2. The maximum absolute atomic E-state index is 6.31. The third-order valence-electron chi connectivity index (χ3n) is 4.11. The zero-order valence-electron chi connectivity index (χ0n) is 9.88. The van der Waals surface area contributed by atoms with Crippen LogP contribution in [0.1, 0.15) is 64.2 Å². The molecule has 2 N–H and O–H groups in total. The van der Waals surface area contributed by atoms with E-state index in [9.17, 15) is 0 Å². The average molecular weight is 207 g/mol. The zero-order valence-corrected chi connectivity index (χ0v) is 9.88. The summed E-state index contributed by atoms with van der Waals surface area (Å²) in [5.41, 5.74) is 7.87. The molecule has 0 aromatic heterocycles. The van der Waals surface area contributed by atoms with Gasteiger partial charge in [-0.2, -0.15) is 0 Å². The van der Waals surface area contributed by atoms with E-state index in [2.05, 4.69) is 6.08 Å². The van der Waals surface area contributed by atoms with E-state index in [1.807, 2.05) is 0 Å². The number of allylic oxidation sites excluding steroid dienone is 1. The molecule has 0 aliphatic heterocycles. The minimum atomic E-state index is 0.383. The van der Waals surface area contributed by atoms with Crippen LogP contribution in [-0.4, -0.2) is 6.04 Å². The average Bonchev–Trinajstić information content (AvgIpc) is 2.31. The molecular weight excluding hydrogens is 182 g/mol. The van der Waals surface area contributed by atoms with Crippen molar-refractivity contribution in [3.63, 3.8) is 0 Å². The minimum Gasteiger partial charge on any atom is -0.324 e. The third-order valence-corrected chi connectivity index (χ3v) is 4.11. The van der Waals surface area contributed by atoms with Gasteiger partial charge in [0, 0.05) is 6.04 Å². The predicted octanol–water partition coefficient (Wildman–Crippen LogP) is 3.78. The summed E-state index contributed by atoms with van der Waals surface area (Å²) in [5, 5.41) is 0. The fourth-order valence-corrected chi connectivity index (χ4v) is 3.13. The lowest BCUT2D eigenvalue weighted by molar-refractivity contribution is 0.324. The van der Waals surface area contributed by atoms with Crippen LogP contribution in [0.2, 0.25) is 0 Å². The maximum atomic E-state index is 6.31. The maximum Gasteiger partial charge on any atom is 0.0256 e. The molecule has 1 saturated carbocycles. The van der Waals surface area contributed by atoms with Crippen molar-refractivity contribution >= 4 is 0 Å². The lowest BCUT2D eigenvalue weighted by Crippen LogP contribution is -2.27. The highest BCUT2D eigenvalue weighted by Gasteiger charge is 2.19.